The molecule has 1 N–H and O–H groups in total. The minimum atomic E-state index is -5.70. The number of benzene rings is 3. The first-order valence-electron chi connectivity index (χ1n) is 21.3. The van der Waals surface area contributed by atoms with Crippen molar-refractivity contribution in [1.29, 1.82) is 5.26 Å². The van der Waals surface area contributed by atoms with Gasteiger partial charge in [0.25, 0.3) is 8.53 Å². The number of nitrogens with zero attached hydrogens (tertiary/aromatic N) is 4. The molecular weight excluding hydrogens is 927 g/mol. The van der Waals surface area contributed by atoms with E-state index in [1.165, 1.54) is 33.4 Å². The number of halogens is 6. The summed E-state index contributed by atoms with van der Waals surface area (Å²) >= 11 is 0. The molecule has 5 rings (SSSR count). The summed E-state index contributed by atoms with van der Waals surface area (Å²) in [5.74, 6) is -3.40. The maximum Gasteiger partial charge on any atom is 0.402 e. The fraction of sp³-hybridized carbons (Fsp3) is 0.478. The van der Waals surface area contributed by atoms with Crippen LogP contribution in [0.3, 0.4) is 0 Å². The number of carbonyl (C=O) groups is 1. The van der Waals surface area contributed by atoms with E-state index in [0.717, 1.165) is 4.57 Å². The number of anilines is 1. The van der Waals surface area contributed by atoms with E-state index in [9.17, 15) is 41.2 Å². The number of hydrogen-bond donors (Lipinski definition) is 1. The Labute approximate surface area is 391 Å². The zero-order valence-electron chi connectivity index (χ0n) is 38.3. The molecule has 1 aromatic heterocycles. The van der Waals surface area contributed by atoms with Gasteiger partial charge in [0.1, 0.15) is 48.0 Å². The minimum Gasteiger partial charge on any atom is -0.497 e. The summed E-state index contributed by atoms with van der Waals surface area (Å²) in [6, 6.07) is 26.3. The van der Waals surface area contributed by atoms with Crippen LogP contribution in [0.25, 0.3) is 0 Å². The molecule has 2 heterocycles. The molecular formula is C46H54F6N5O10P. The summed E-state index contributed by atoms with van der Waals surface area (Å²) < 4.78 is 133. The molecule has 0 saturated carbocycles. The van der Waals surface area contributed by atoms with Gasteiger partial charge in [0.2, 0.25) is 5.91 Å². The maximum absolute atomic E-state index is 13.8. The molecule has 3 aromatic carbocycles. The normalized spacial score (nSPS) is 18.3. The van der Waals surface area contributed by atoms with Crippen molar-refractivity contribution >= 4 is 20.3 Å². The third kappa shape index (κ3) is 13.3. The van der Waals surface area contributed by atoms with Crippen molar-refractivity contribution in [2.24, 2.45) is 5.92 Å². The van der Waals surface area contributed by atoms with Gasteiger partial charge in [-0.3, -0.25) is 9.36 Å². The summed E-state index contributed by atoms with van der Waals surface area (Å²) in [7, 11) is 0.864. The van der Waals surface area contributed by atoms with Crippen LogP contribution in [0.5, 0.6) is 11.5 Å². The fourth-order valence-electron chi connectivity index (χ4n) is 7.57. The average Bonchev–Trinajstić information content (AvgIpc) is 3.61. The van der Waals surface area contributed by atoms with E-state index >= 15 is 0 Å². The Bertz CT molecular complexity index is 2250. The lowest BCUT2D eigenvalue weighted by atomic mass is 9.80. The second kappa shape index (κ2) is 23.9. The lowest BCUT2D eigenvalue weighted by molar-refractivity contribution is -0.299. The topological polar surface area (TPSA) is 165 Å². The highest BCUT2D eigenvalue weighted by molar-refractivity contribution is 7.44. The van der Waals surface area contributed by atoms with Crippen molar-refractivity contribution in [3.05, 3.63) is 118 Å². The van der Waals surface area contributed by atoms with Crippen LogP contribution in [0, 0.1) is 17.2 Å². The minimum absolute atomic E-state index is 0.0407. The number of rotatable bonds is 23. The van der Waals surface area contributed by atoms with Gasteiger partial charge in [0.15, 0.2) is 12.1 Å². The highest BCUT2D eigenvalue weighted by Crippen LogP contribution is 2.51. The van der Waals surface area contributed by atoms with Crippen LogP contribution >= 0.6 is 8.53 Å². The molecule has 1 saturated heterocycles. The molecule has 2 unspecified atom stereocenters. The van der Waals surface area contributed by atoms with Gasteiger partial charge in [-0.25, -0.2) is 9.46 Å². The van der Waals surface area contributed by atoms with E-state index in [-0.39, 0.29) is 30.9 Å². The maximum atomic E-state index is 13.8. The van der Waals surface area contributed by atoms with Crippen LogP contribution in [0.4, 0.5) is 32.2 Å². The summed E-state index contributed by atoms with van der Waals surface area (Å²) in [6.45, 7) is 5.20. The molecule has 1 fully saturated rings. The molecule has 1 aliphatic rings. The van der Waals surface area contributed by atoms with Gasteiger partial charge in [-0.1, -0.05) is 54.6 Å². The highest BCUT2D eigenvalue weighted by Gasteiger charge is 2.57. The van der Waals surface area contributed by atoms with E-state index in [1.54, 1.807) is 24.3 Å². The van der Waals surface area contributed by atoms with E-state index in [4.69, 9.17) is 37.5 Å². The number of methoxy groups -OCH3 is 2. The SMILES string of the molecule is COc1ccc(C(OC[C@H]2O[C@@H](n3ccc(NC(C)=O)nc3=O)[C@@H](OCOCC(C(F)(F)F)C(F)(F)F)C2OP(OCCC#N)N(C(C)C)C(C)C)(c2ccccc2)c2ccc(OC)cc2)cc1. The molecule has 0 aliphatic carbocycles. The molecule has 22 heteroatoms. The van der Waals surface area contributed by atoms with E-state index in [1.807, 2.05) is 93.0 Å². The third-order valence-electron chi connectivity index (χ3n) is 10.6. The van der Waals surface area contributed by atoms with E-state index in [0.29, 0.717) is 28.2 Å². The van der Waals surface area contributed by atoms with E-state index in [2.05, 4.69) is 10.3 Å². The van der Waals surface area contributed by atoms with Crippen molar-refractivity contribution < 1.29 is 68.6 Å². The lowest BCUT2D eigenvalue weighted by Crippen LogP contribution is -2.44. The van der Waals surface area contributed by atoms with Crippen LogP contribution in [-0.4, -0.2) is 104 Å². The zero-order chi connectivity index (χ0) is 49.8. The molecule has 15 nitrogen and oxygen atoms in total. The largest absolute Gasteiger partial charge is 0.497 e. The Hall–Kier alpha value is -5.17. The molecule has 1 amide bonds. The van der Waals surface area contributed by atoms with E-state index < -0.39 is 88.5 Å². The van der Waals surface area contributed by atoms with Crippen molar-refractivity contribution in [3.63, 3.8) is 0 Å². The van der Waals surface area contributed by atoms with Gasteiger partial charge in [-0.05, 0) is 74.7 Å². The quantitative estimate of drug-likeness (QED) is 0.0247. The molecule has 0 spiro atoms. The van der Waals surface area contributed by atoms with Gasteiger partial charge in [0.05, 0.1) is 46.5 Å². The Morgan fingerprint density at radius 3 is 1.91 bits per heavy atom. The standard InChI is InChI=1S/C46H54F6N5O10P/c1-29(2)57(30(3)4)68(65-25-11-23-53)67-40-37(26-64-44(32-12-9-8-10-13-32,33-14-18-35(60-6)19-15-33)34-16-20-36(61-7)21-17-34)66-42(56-24-22-39(54-31(5)58)55-43(56)59)41(40)63-28-62-27-38(45(47,48)49)46(50,51)52/h8-10,12-22,24,29-30,37-38,40-42H,11,25-28H2,1-7H3,(H,54,55,58,59)/t37-,40?,41+,42-,68?/m1/s1. The molecule has 0 radical (unpaired) electrons. The predicted octanol–water partition coefficient (Wildman–Crippen LogP) is 8.89. The number of carbonyl (C=O) groups excluding carboxylic acids is 1. The van der Waals surface area contributed by atoms with Crippen molar-refractivity contribution in [3.8, 4) is 17.6 Å². The number of hydrogen-bond acceptors (Lipinski definition) is 13. The number of alkyl halides is 6. The Morgan fingerprint density at radius 2 is 1.43 bits per heavy atom. The van der Waals surface area contributed by atoms with Gasteiger partial charge in [-0.2, -0.15) is 36.6 Å². The van der Waals surface area contributed by atoms with Crippen molar-refractivity contribution in [2.75, 3.05) is 46.1 Å². The second-order valence-electron chi connectivity index (χ2n) is 15.9. The van der Waals surface area contributed by atoms with Crippen LogP contribution in [0.1, 0.15) is 64.0 Å². The van der Waals surface area contributed by atoms with Crippen LogP contribution in [-0.2, 0) is 38.4 Å². The second-order valence-corrected chi connectivity index (χ2v) is 17.3. The van der Waals surface area contributed by atoms with Crippen LogP contribution < -0.4 is 20.5 Å². The van der Waals surface area contributed by atoms with Gasteiger partial charge >= 0.3 is 18.0 Å². The molecule has 1 aliphatic heterocycles. The molecule has 370 valence electrons. The zero-order valence-corrected chi connectivity index (χ0v) is 39.2. The molecule has 68 heavy (non-hydrogen) atoms. The first kappa shape index (κ1) is 53.8. The lowest BCUT2D eigenvalue weighted by Gasteiger charge is -2.39. The Balaban J connectivity index is 1.69. The fourth-order valence-corrected chi connectivity index (χ4v) is 9.34. The van der Waals surface area contributed by atoms with Crippen LogP contribution in [0.2, 0.25) is 0 Å². The summed E-state index contributed by atoms with van der Waals surface area (Å²) in [5, 5.41) is 11.9. The van der Waals surface area contributed by atoms with Gasteiger partial charge in [0, 0.05) is 25.2 Å². The first-order chi connectivity index (χ1) is 32.2. The molecule has 0 bridgehead atoms. The number of ether oxygens (including phenoxy) is 6. The molecule has 5 atom stereocenters. The number of nitrogens with one attached hydrogen (secondary N) is 1. The van der Waals surface area contributed by atoms with Gasteiger partial charge in [-0.15, -0.1) is 0 Å². The Morgan fingerprint density at radius 1 is 0.868 bits per heavy atom. The van der Waals surface area contributed by atoms with Crippen LogP contribution in [0.15, 0.2) is 95.9 Å². The highest BCUT2D eigenvalue weighted by atomic mass is 31.2. The predicted molar refractivity (Wildman–Crippen MR) is 236 cm³/mol. The summed E-state index contributed by atoms with van der Waals surface area (Å²) in [4.78, 5) is 29.6. The number of nitriles is 1. The smallest absolute Gasteiger partial charge is 0.402 e. The van der Waals surface area contributed by atoms with Gasteiger partial charge < -0.3 is 42.8 Å². The average molecular weight is 982 g/mol. The number of amides is 1. The monoisotopic (exact) mass is 981 g/mol. The third-order valence-corrected chi connectivity index (χ3v) is 12.8. The first-order valence-corrected chi connectivity index (χ1v) is 22.5. The Kier molecular flexibility index (Phi) is 18.9. The molecule has 4 aromatic rings. The van der Waals surface area contributed by atoms with Crippen molar-refractivity contribution in [1.82, 2.24) is 14.2 Å². The summed E-state index contributed by atoms with van der Waals surface area (Å²) in [6.07, 6.45) is -16.0. The van der Waals surface area contributed by atoms with Crippen molar-refractivity contribution in [2.45, 2.75) is 95.6 Å². The summed E-state index contributed by atoms with van der Waals surface area (Å²) in [5.41, 5.74) is -0.556. The number of aromatic nitrogens is 2.